The van der Waals surface area contributed by atoms with Crippen molar-refractivity contribution in [3.05, 3.63) is 88.9 Å². The molecule has 0 spiro atoms. The van der Waals surface area contributed by atoms with Gasteiger partial charge in [-0.05, 0) is 19.5 Å². The molecule has 0 amide bonds. The second-order valence-electron chi connectivity index (χ2n) is 6.65. The van der Waals surface area contributed by atoms with Crippen LogP contribution in [0.25, 0.3) is 12.2 Å². The molecule has 0 nitrogen and oxygen atoms in total. The molecule has 0 N–H and O–H groups in total. The summed E-state index contributed by atoms with van der Waals surface area (Å²) in [5, 5.41) is 0. The van der Waals surface area contributed by atoms with Gasteiger partial charge in [0, 0.05) is 0 Å². The van der Waals surface area contributed by atoms with Gasteiger partial charge in [-0.3, -0.25) is 0 Å². The molecule has 0 aliphatic heterocycles. The van der Waals surface area contributed by atoms with Crippen molar-refractivity contribution < 1.29 is 63.4 Å². The number of hydrogen-bond donors (Lipinski definition) is 0. The van der Waals surface area contributed by atoms with Crippen molar-refractivity contribution in [3.63, 3.8) is 0 Å². The second-order valence-corrected chi connectivity index (χ2v) is 9.10. The Bertz CT molecular complexity index is 779. The number of hydrogen-bond acceptors (Lipinski definition) is 0. The molecule has 2 aliphatic carbocycles. The summed E-state index contributed by atoms with van der Waals surface area (Å²) in [6, 6.07) is 17.6. The molecule has 138 valence electrons. The molecule has 2 unspecified atom stereocenters. The van der Waals surface area contributed by atoms with Gasteiger partial charge >= 0.3 is 26.2 Å². The van der Waals surface area contributed by atoms with E-state index in [1.54, 1.807) is 5.92 Å². The average molecular weight is 511 g/mol. The van der Waals surface area contributed by atoms with Gasteiger partial charge in [0.25, 0.3) is 0 Å². The van der Waals surface area contributed by atoms with Gasteiger partial charge in [-0.2, -0.15) is 0 Å². The quantitative estimate of drug-likeness (QED) is 0.295. The molecule has 0 fully saturated rings. The van der Waals surface area contributed by atoms with Crippen LogP contribution in [0.1, 0.15) is 34.1 Å². The minimum Gasteiger partial charge on any atom is -1.00 e. The molecule has 2 aromatic rings. The molecule has 0 saturated carbocycles. The normalized spacial score (nSPS) is 17.3. The number of fused-ring (bicyclic) bond motifs is 2. The van der Waals surface area contributed by atoms with Crippen molar-refractivity contribution in [3.8, 4) is 0 Å². The summed E-state index contributed by atoms with van der Waals surface area (Å²) >= 11 is 0. The van der Waals surface area contributed by atoms with E-state index in [0.29, 0.717) is 11.8 Å². The Kier molecular flexibility index (Phi) is 11.4. The first-order chi connectivity index (χ1) is 11.2. The molecule has 0 heterocycles. The van der Waals surface area contributed by atoms with Crippen LogP contribution in [0.3, 0.4) is 0 Å². The van der Waals surface area contributed by atoms with Crippen LogP contribution < -0.4 is 37.2 Å². The van der Waals surface area contributed by atoms with Crippen LogP contribution in [-0.2, 0) is 26.2 Å². The zero-order valence-corrected chi connectivity index (χ0v) is 21.0. The third-order valence-electron chi connectivity index (χ3n) is 4.77. The Labute approximate surface area is 202 Å². The van der Waals surface area contributed by atoms with Crippen LogP contribution in [0.5, 0.6) is 0 Å². The first kappa shape index (κ1) is 26.6. The van der Waals surface area contributed by atoms with Crippen LogP contribution in [0.4, 0.5) is 0 Å². The van der Waals surface area contributed by atoms with Gasteiger partial charge in [0.1, 0.15) is 0 Å². The summed E-state index contributed by atoms with van der Waals surface area (Å²) in [6.45, 7) is 4.75. The Balaban J connectivity index is 0.00000169. The molecule has 2 aromatic carbocycles. The molecule has 27 heavy (non-hydrogen) atoms. The van der Waals surface area contributed by atoms with Crippen LogP contribution in [0, 0.1) is 5.92 Å². The standard InChI is InChI=1S/C22H21Si.3ClH.Zr/c1-23(2)15-22(20-13-11-16-7-3-5-9-18(16)20)21-14-12-17-8-4-6-10-19(17)21;;;;/h3-15,20-21H,1-2H3;3*1H;/q-1;;;;+4/p-3. The van der Waals surface area contributed by atoms with E-state index >= 15 is 0 Å². The van der Waals surface area contributed by atoms with Crippen molar-refractivity contribution in [2.45, 2.75) is 24.9 Å². The molecule has 5 heteroatoms. The number of benzene rings is 2. The maximum absolute atomic E-state index is 2.57. The third-order valence-corrected chi connectivity index (χ3v) is 5.68. The third kappa shape index (κ3) is 5.37. The van der Waals surface area contributed by atoms with Crippen molar-refractivity contribution in [2.24, 2.45) is 0 Å². The zero-order chi connectivity index (χ0) is 15.8. The van der Waals surface area contributed by atoms with Crippen molar-refractivity contribution in [1.29, 1.82) is 0 Å². The van der Waals surface area contributed by atoms with Gasteiger partial charge in [0.15, 0.2) is 0 Å². The minimum absolute atomic E-state index is 0. The molecular weight excluding hydrogens is 490 g/mol. The predicted octanol–water partition coefficient (Wildman–Crippen LogP) is -3.67. The van der Waals surface area contributed by atoms with Gasteiger partial charge in [-0.15, -0.1) is 24.0 Å². The van der Waals surface area contributed by atoms with Gasteiger partial charge in [0.2, 0.25) is 0 Å². The predicted molar refractivity (Wildman–Crippen MR) is 103 cm³/mol. The average Bonchev–Trinajstić information content (AvgIpc) is 3.17. The maximum atomic E-state index is 2.57. The fourth-order valence-corrected chi connectivity index (χ4v) is 4.81. The molecule has 2 atom stereocenters. The maximum Gasteiger partial charge on any atom is 4.00 e. The summed E-state index contributed by atoms with van der Waals surface area (Å²) in [5.41, 5.74) is 8.23. The second kappa shape index (κ2) is 11.6. The molecule has 2 aliphatic rings. The van der Waals surface area contributed by atoms with Gasteiger partial charge in [-0.25, -0.2) is 5.67 Å². The Morgan fingerprint density at radius 2 is 1.15 bits per heavy atom. The van der Waals surface area contributed by atoms with E-state index in [9.17, 15) is 0 Å². The summed E-state index contributed by atoms with van der Waals surface area (Å²) in [4.78, 5) is 0. The Morgan fingerprint density at radius 3 is 1.56 bits per heavy atom. The Morgan fingerprint density at radius 1 is 0.741 bits per heavy atom. The number of allylic oxidation sites excluding steroid dienone is 2. The van der Waals surface area contributed by atoms with E-state index < -0.39 is 8.41 Å². The van der Waals surface area contributed by atoms with Crippen molar-refractivity contribution >= 4 is 26.2 Å². The largest absolute Gasteiger partial charge is 4.00 e. The first-order valence-electron chi connectivity index (χ1n) is 8.30. The summed E-state index contributed by atoms with van der Waals surface area (Å²) in [5.74, 6) is 2.41. The topological polar surface area (TPSA) is 0 Å². The van der Waals surface area contributed by atoms with E-state index in [-0.39, 0.29) is 63.4 Å². The van der Waals surface area contributed by atoms with E-state index in [4.69, 9.17) is 0 Å². The summed E-state index contributed by atoms with van der Waals surface area (Å²) in [7, 11) is -0.440. The minimum atomic E-state index is -0.440. The fraction of sp³-hybridized carbons (Fsp3) is 0.182. The summed E-state index contributed by atoms with van der Waals surface area (Å²) in [6.07, 6.45) is 9.35. The SMILES string of the molecule is C[Si](C)=C[C-](C1C=Cc2ccccc21)C1C=Cc2ccccc21.[Cl-].[Cl-].[Cl-].[Zr+4]. The van der Waals surface area contributed by atoms with Gasteiger partial charge in [0.05, 0.1) is 0 Å². The van der Waals surface area contributed by atoms with Crippen molar-refractivity contribution in [2.75, 3.05) is 0 Å². The van der Waals surface area contributed by atoms with E-state index in [1.165, 1.54) is 22.3 Å². The van der Waals surface area contributed by atoms with Crippen LogP contribution in [-0.4, -0.2) is 14.1 Å². The van der Waals surface area contributed by atoms with Gasteiger partial charge < -0.3 is 43.1 Å². The number of rotatable bonds is 3. The molecule has 0 aromatic heterocycles. The summed E-state index contributed by atoms with van der Waals surface area (Å²) < 4.78 is 0. The van der Waals surface area contributed by atoms with E-state index in [2.05, 4.69) is 91.6 Å². The van der Waals surface area contributed by atoms with E-state index in [1.807, 2.05) is 0 Å². The molecule has 0 radical (unpaired) electrons. The molecule has 4 rings (SSSR count). The fourth-order valence-electron chi connectivity index (χ4n) is 3.79. The number of halogens is 3. The first-order valence-corrected chi connectivity index (χ1v) is 10.9. The van der Waals surface area contributed by atoms with Gasteiger partial charge in [-0.1, -0.05) is 84.9 Å². The smallest absolute Gasteiger partial charge is 1.00 e. The molecular formula is C22H21Cl3SiZr. The monoisotopic (exact) mass is 508 g/mol. The van der Waals surface area contributed by atoms with Crippen molar-refractivity contribution in [1.82, 2.24) is 0 Å². The van der Waals surface area contributed by atoms with Crippen LogP contribution >= 0.6 is 0 Å². The Hall–Kier alpha value is -0.370. The molecule has 0 saturated heterocycles. The van der Waals surface area contributed by atoms with Crippen LogP contribution in [0.15, 0.2) is 60.7 Å². The zero-order valence-electron chi connectivity index (χ0n) is 15.3. The van der Waals surface area contributed by atoms with E-state index in [0.717, 1.165) is 0 Å². The van der Waals surface area contributed by atoms with Crippen LogP contribution in [0.2, 0.25) is 13.1 Å². The molecule has 0 bridgehead atoms.